The van der Waals surface area contributed by atoms with E-state index in [1.54, 1.807) is 26.4 Å². The summed E-state index contributed by atoms with van der Waals surface area (Å²) in [7, 11) is 6.20. The summed E-state index contributed by atoms with van der Waals surface area (Å²) in [5.41, 5.74) is 1.87. The fourth-order valence-electron chi connectivity index (χ4n) is 2.95. The average molecular weight is 388 g/mol. The van der Waals surface area contributed by atoms with E-state index in [1.165, 1.54) is 14.2 Å². The van der Waals surface area contributed by atoms with E-state index in [0.29, 0.717) is 35.2 Å². The van der Waals surface area contributed by atoms with Gasteiger partial charge >= 0.3 is 0 Å². The summed E-state index contributed by atoms with van der Waals surface area (Å²) in [6.45, 7) is 3.90. The van der Waals surface area contributed by atoms with E-state index < -0.39 is 0 Å². The van der Waals surface area contributed by atoms with Gasteiger partial charge in [0.25, 0.3) is 0 Å². The Hall–Kier alpha value is -3.02. The Bertz CT molecular complexity index is 778. The Balaban J connectivity index is 2.29. The van der Waals surface area contributed by atoms with Crippen molar-refractivity contribution in [3.63, 3.8) is 0 Å². The van der Waals surface area contributed by atoms with Crippen LogP contribution >= 0.6 is 0 Å². The molecule has 0 saturated carbocycles. The molecule has 1 N–H and O–H groups in total. The quantitative estimate of drug-likeness (QED) is 0.684. The Labute approximate surface area is 166 Å². The summed E-state index contributed by atoms with van der Waals surface area (Å²) >= 11 is 0. The van der Waals surface area contributed by atoms with Crippen LogP contribution in [0.3, 0.4) is 0 Å². The molecule has 2 aromatic rings. The lowest BCUT2D eigenvalue weighted by Gasteiger charge is -2.20. The second-order valence-corrected chi connectivity index (χ2v) is 6.24. The third-order valence-electron chi connectivity index (χ3n) is 4.22. The number of hydrogen-bond acceptors (Lipinski definition) is 6. The maximum atomic E-state index is 10.1. The monoisotopic (exact) mass is 388 g/mol. The number of rotatable bonds is 9. The molecule has 0 aliphatic rings. The third kappa shape index (κ3) is 4.82. The van der Waals surface area contributed by atoms with E-state index in [1.807, 2.05) is 38.1 Å². The van der Waals surface area contributed by atoms with Gasteiger partial charge in [-0.15, -0.1) is 0 Å². The first-order valence-corrected chi connectivity index (χ1v) is 8.96. The molecule has 0 heterocycles. The molecule has 0 fully saturated rings. The maximum absolute atomic E-state index is 10.1. The lowest BCUT2D eigenvalue weighted by molar-refractivity contribution is 0.201. The number of allylic oxidation sites excluding steroid dienone is 1. The highest BCUT2D eigenvalue weighted by molar-refractivity contribution is 5.62. The van der Waals surface area contributed by atoms with Gasteiger partial charge in [0.05, 0.1) is 28.4 Å². The normalized spacial score (nSPS) is 11.9. The van der Waals surface area contributed by atoms with Crippen molar-refractivity contribution in [1.82, 2.24) is 0 Å². The van der Waals surface area contributed by atoms with Gasteiger partial charge in [0.2, 0.25) is 11.5 Å². The van der Waals surface area contributed by atoms with Gasteiger partial charge in [0, 0.05) is 6.42 Å². The number of hydrogen-bond donors (Lipinski definition) is 1. The molecular weight excluding hydrogens is 360 g/mol. The second-order valence-electron chi connectivity index (χ2n) is 6.24. The van der Waals surface area contributed by atoms with Crippen molar-refractivity contribution >= 4 is 6.08 Å². The fourth-order valence-corrected chi connectivity index (χ4v) is 2.95. The van der Waals surface area contributed by atoms with Gasteiger partial charge in [-0.3, -0.25) is 0 Å². The van der Waals surface area contributed by atoms with Gasteiger partial charge in [-0.1, -0.05) is 12.2 Å². The van der Waals surface area contributed by atoms with Gasteiger partial charge in [-0.05, 0) is 49.2 Å². The predicted molar refractivity (Wildman–Crippen MR) is 109 cm³/mol. The molecule has 0 radical (unpaired) electrons. The van der Waals surface area contributed by atoms with E-state index in [9.17, 15) is 5.11 Å². The number of phenolic OH excluding ortho intramolecular Hbond substituents is 1. The van der Waals surface area contributed by atoms with Crippen LogP contribution in [0.1, 0.15) is 25.0 Å². The van der Waals surface area contributed by atoms with Crippen LogP contribution in [0.25, 0.3) is 6.08 Å². The van der Waals surface area contributed by atoms with Crippen molar-refractivity contribution in [3.05, 3.63) is 41.5 Å². The van der Waals surface area contributed by atoms with Crippen LogP contribution in [-0.4, -0.2) is 39.6 Å². The molecule has 6 nitrogen and oxygen atoms in total. The first-order chi connectivity index (χ1) is 13.5. The molecule has 0 aliphatic heterocycles. The van der Waals surface area contributed by atoms with Gasteiger partial charge in [0.15, 0.2) is 23.0 Å². The van der Waals surface area contributed by atoms with Crippen molar-refractivity contribution in [1.29, 1.82) is 0 Å². The smallest absolute Gasteiger partial charge is 0.203 e. The molecule has 6 heteroatoms. The van der Waals surface area contributed by atoms with Crippen LogP contribution in [0.15, 0.2) is 30.3 Å². The summed E-state index contributed by atoms with van der Waals surface area (Å²) in [5.74, 6) is 2.42. The fraction of sp³-hybridized carbons (Fsp3) is 0.364. The molecule has 152 valence electrons. The number of benzene rings is 2. The van der Waals surface area contributed by atoms with E-state index in [0.717, 1.165) is 11.1 Å². The summed E-state index contributed by atoms with van der Waals surface area (Å²) in [4.78, 5) is 0. The van der Waals surface area contributed by atoms with Crippen LogP contribution in [0.2, 0.25) is 0 Å². The Kier molecular flexibility index (Phi) is 7.44. The van der Waals surface area contributed by atoms with Gasteiger partial charge in [-0.25, -0.2) is 0 Å². The molecule has 0 aromatic heterocycles. The van der Waals surface area contributed by atoms with E-state index in [4.69, 9.17) is 23.7 Å². The molecule has 0 bridgehead atoms. The summed E-state index contributed by atoms with van der Waals surface area (Å²) in [6, 6.07) is 7.33. The van der Waals surface area contributed by atoms with Crippen LogP contribution < -0.4 is 23.7 Å². The van der Waals surface area contributed by atoms with Crippen molar-refractivity contribution in [2.45, 2.75) is 26.4 Å². The number of aromatic hydroxyl groups is 1. The molecule has 0 amide bonds. The minimum Gasteiger partial charge on any atom is -0.502 e. The Morgan fingerprint density at radius 3 is 1.79 bits per heavy atom. The minimum absolute atomic E-state index is 0.0229. The van der Waals surface area contributed by atoms with Gasteiger partial charge in [-0.2, -0.15) is 0 Å². The molecular formula is C22H28O6. The number of phenols is 1. The lowest BCUT2D eigenvalue weighted by Crippen LogP contribution is -2.16. The van der Waals surface area contributed by atoms with E-state index in [-0.39, 0.29) is 11.9 Å². The largest absolute Gasteiger partial charge is 0.502 e. The SMILES string of the molecule is C/C=C/c1cc(OC)c(O[C@H](C)Cc2cc(OC)c(O)c(OC)c2)c(OC)c1. The summed E-state index contributed by atoms with van der Waals surface area (Å²) in [5, 5.41) is 10.1. The zero-order valence-corrected chi connectivity index (χ0v) is 17.2. The van der Waals surface area contributed by atoms with Gasteiger partial charge in [0.1, 0.15) is 6.10 Å². The zero-order valence-electron chi connectivity index (χ0n) is 17.2. The Morgan fingerprint density at radius 1 is 0.857 bits per heavy atom. The van der Waals surface area contributed by atoms with Crippen molar-refractivity contribution in [2.24, 2.45) is 0 Å². The summed E-state index contributed by atoms with van der Waals surface area (Å²) < 4.78 is 27.6. The molecule has 2 rings (SSSR count). The number of methoxy groups -OCH3 is 4. The molecule has 0 spiro atoms. The van der Waals surface area contributed by atoms with Crippen LogP contribution in [0, 0.1) is 0 Å². The molecule has 0 unspecified atom stereocenters. The van der Waals surface area contributed by atoms with E-state index in [2.05, 4.69) is 0 Å². The average Bonchev–Trinajstić information content (AvgIpc) is 2.69. The van der Waals surface area contributed by atoms with Crippen LogP contribution in [0.5, 0.6) is 34.5 Å². The molecule has 1 atom stereocenters. The maximum Gasteiger partial charge on any atom is 0.203 e. The minimum atomic E-state index is -0.200. The predicted octanol–water partition coefficient (Wildman–Crippen LogP) is 4.47. The van der Waals surface area contributed by atoms with Crippen molar-refractivity contribution in [2.75, 3.05) is 28.4 Å². The highest BCUT2D eigenvalue weighted by atomic mass is 16.5. The highest BCUT2D eigenvalue weighted by Crippen LogP contribution is 2.41. The standard InChI is InChI=1S/C22H28O6/c1-7-8-15-10-19(26-5)22(20(11-15)27-6)28-14(2)9-16-12-17(24-3)21(23)18(13-16)25-4/h7-8,10-14,23H,9H2,1-6H3/b8-7+/t14-/m1/s1. The molecule has 0 aliphatic carbocycles. The Morgan fingerprint density at radius 2 is 1.36 bits per heavy atom. The van der Waals surface area contributed by atoms with Gasteiger partial charge < -0.3 is 28.8 Å². The first-order valence-electron chi connectivity index (χ1n) is 8.96. The van der Waals surface area contributed by atoms with Crippen molar-refractivity contribution < 1.29 is 28.8 Å². The second kappa shape index (κ2) is 9.78. The first kappa shape index (κ1) is 21.3. The molecule has 0 saturated heterocycles. The highest BCUT2D eigenvalue weighted by Gasteiger charge is 2.18. The summed E-state index contributed by atoms with van der Waals surface area (Å²) in [6.07, 6.45) is 4.28. The third-order valence-corrected chi connectivity index (χ3v) is 4.22. The zero-order chi connectivity index (χ0) is 20.7. The number of ether oxygens (including phenoxy) is 5. The van der Waals surface area contributed by atoms with Crippen LogP contribution in [0.4, 0.5) is 0 Å². The van der Waals surface area contributed by atoms with Crippen molar-refractivity contribution in [3.8, 4) is 34.5 Å². The van der Waals surface area contributed by atoms with E-state index >= 15 is 0 Å². The topological polar surface area (TPSA) is 66.4 Å². The van der Waals surface area contributed by atoms with Crippen LogP contribution in [-0.2, 0) is 6.42 Å². The molecule has 28 heavy (non-hydrogen) atoms. The lowest BCUT2D eigenvalue weighted by atomic mass is 10.1. The molecule has 2 aromatic carbocycles.